The zero-order valence-corrected chi connectivity index (χ0v) is 13.5. The number of ether oxygens (including phenoxy) is 1. The van der Waals surface area contributed by atoms with E-state index in [1.807, 2.05) is 18.2 Å². The number of amides is 1. The van der Waals surface area contributed by atoms with Crippen LogP contribution in [0.2, 0.25) is 0 Å². The second-order valence-electron chi connectivity index (χ2n) is 4.62. The van der Waals surface area contributed by atoms with Crippen LogP contribution in [0, 0.1) is 10.1 Å². The van der Waals surface area contributed by atoms with E-state index in [-0.39, 0.29) is 11.6 Å². The maximum Gasteiger partial charge on any atom is 0.324 e. The summed E-state index contributed by atoms with van der Waals surface area (Å²) in [4.78, 5) is 22.4. The largest absolute Gasteiger partial charge is 0.483 e. The smallest absolute Gasteiger partial charge is 0.324 e. The van der Waals surface area contributed by atoms with E-state index in [2.05, 4.69) is 17.1 Å². The molecule has 0 fully saturated rings. The highest BCUT2D eigenvalue weighted by atomic mass is 32.1. The molecule has 0 saturated heterocycles. The van der Waals surface area contributed by atoms with Crippen molar-refractivity contribution in [1.82, 2.24) is 5.43 Å². The predicted molar refractivity (Wildman–Crippen MR) is 92.5 cm³/mol. The first-order valence-electron chi connectivity index (χ1n) is 6.98. The van der Waals surface area contributed by atoms with Crippen molar-refractivity contribution in [2.24, 2.45) is 5.10 Å². The Bertz CT molecular complexity index is 770. The number of carbonyl (C=O) groups is 1. The third-order valence-electron chi connectivity index (χ3n) is 2.87. The van der Waals surface area contributed by atoms with Crippen molar-refractivity contribution in [3.05, 3.63) is 69.6 Å². The summed E-state index contributed by atoms with van der Waals surface area (Å²) >= 11 is 0.970. The summed E-state index contributed by atoms with van der Waals surface area (Å²) in [5, 5.41) is 14.3. The number of nitrogens with one attached hydrogen (secondary N) is 1. The van der Waals surface area contributed by atoms with Gasteiger partial charge in [-0.1, -0.05) is 35.6 Å². The number of nitro groups is 1. The molecule has 1 amide bonds. The minimum Gasteiger partial charge on any atom is -0.483 e. The molecule has 0 spiro atoms. The summed E-state index contributed by atoms with van der Waals surface area (Å²) < 4.78 is 5.47. The molecule has 1 N–H and O–H groups in total. The van der Waals surface area contributed by atoms with Crippen molar-refractivity contribution in [2.75, 3.05) is 6.61 Å². The van der Waals surface area contributed by atoms with Gasteiger partial charge in [-0.15, -0.1) is 6.58 Å². The fourth-order valence-corrected chi connectivity index (χ4v) is 2.52. The van der Waals surface area contributed by atoms with Crippen LogP contribution in [0.5, 0.6) is 5.75 Å². The molecule has 0 radical (unpaired) electrons. The van der Waals surface area contributed by atoms with E-state index in [1.54, 1.807) is 18.2 Å². The summed E-state index contributed by atoms with van der Waals surface area (Å²) in [6, 6.07) is 10.3. The molecule has 0 aliphatic carbocycles. The topological polar surface area (TPSA) is 93.8 Å². The van der Waals surface area contributed by atoms with E-state index < -0.39 is 10.8 Å². The lowest BCUT2D eigenvalue weighted by Gasteiger charge is -2.09. The van der Waals surface area contributed by atoms with Crippen LogP contribution in [-0.2, 0) is 11.2 Å². The lowest BCUT2D eigenvalue weighted by molar-refractivity contribution is -0.380. The number of allylic oxidation sites excluding steroid dienone is 1. The van der Waals surface area contributed by atoms with Crippen molar-refractivity contribution in [2.45, 2.75) is 6.42 Å². The number of para-hydroxylation sites is 1. The van der Waals surface area contributed by atoms with Gasteiger partial charge in [0.15, 0.2) is 6.61 Å². The molecule has 0 aliphatic rings. The first kappa shape index (κ1) is 17.4. The van der Waals surface area contributed by atoms with Crippen LogP contribution < -0.4 is 10.2 Å². The molecule has 0 atom stereocenters. The Morgan fingerprint density at radius 3 is 2.88 bits per heavy atom. The molecule has 8 heteroatoms. The van der Waals surface area contributed by atoms with Gasteiger partial charge in [-0.05, 0) is 24.1 Å². The van der Waals surface area contributed by atoms with Gasteiger partial charge < -0.3 is 4.74 Å². The third-order valence-corrected chi connectivity index (χ3v) is 3.84. The molecule has 1 heterocycles. The number of hydrogen-bond donors (Lipinski definition) is 1. The molecule has 0 bridgehead atoms. The van der Waals surface area contributed by atoms with E-state index in [0.717, 1.165) is 16.9 Å². The van der Waals surface area contributed by atoms with Crippen LogP contribution >= 0.6 is 11.3 Å². The number of hydrazone groups is 1. The fraction of sp³-hybridized carbons (Fsp3) is 0.125. The average molecular weight is 345 g/mol. The highest BCUT2D eigenvalue weighted by Crippen LogP contribution is 2.22. The summed E-state index contributed by atoms with van der Waals surface area (Å²) in [7, 11) is 0. The van der Waals surface area contributed by atoms with Gasteiger partial charge in [0.1, 0.15) is 5.75 Å². The molecule has 1 aromatic carbocycles. The maximum atomic E-state index is 11.7. The average Bonchev–Trinajstić information content (AvgIpc) is 3.03. The van der Waals surface area contributed by atoms with Crippen LogP contribution in [-0.4, -0.2) is 23.7 Å². The molecule has 124 valence electrons. The minimum absolute atomic E-state index is 0.0185. The van der Waals surface area contributed by atoms with Gasteiger partial charge in [-0.3, -0.25) is 14.9 Å². The monoisotopic (exact) mass is 345 g/mol. The number of benzene rings is 1. The second kappa shape index (κ2) is 8.59. The molecule has 1 aromatic heterocycles. The van der Waals surface area contributed by atoms with E-state index in [1.165, 1.54) is 12.3 Å². The predicted octanol–water partition coefficient (Wildman–Crippen LogP) is 2.91. The lowest BCUT2D eigenvalue weighted by atomic mass is 10.1. The van der Waals surface area contributed by atoms with Gasteiger partial charge >= 0.3 is 5.00 Å². The molecule has 24 heavy (non-hydrogen) atoms. The molecule has 7 nitrogen and oxygen atoms in total. The van der Waals surface area contributed by atoms with Crippen molar-refractivity contribution in [3.63, 3.8) is 0 Å². The van der Waals surface area contributed by atoms with Crippen LogP contribution in [0.25, 0.3) is 0 Å². The van der Waals surface area contributed by atoms with Crippen LogP contribution in [0.4, 0.5) is 5.00 Å². The summed E-state index contributed by atoms with van der Waals surface area (Å²) in [6.07, 6.45) is 3.75. The highest BCUT2D eigenvalue weighted by molar-refractivity contribution is 7.16. The Morgan fingerprint density at radius 1 is 1.38 bits per heavy atom. The highest BCUT2D eigenvalue weighted by Gasteiger charge is 2.08. The van der Waals surface area contributed by atoms with Crippen molar-refractivity contribution in [1.29, 1.82) is 0 Å². The van der Waals surface area contributed by atoms with Crippen LogP contribution in [0.15, 0.2) is 54.2 Å². The Kier molecular flexibility index (Phi) is 6.21. The van der Waals surface area contributed by atoms with E-state index in [0.29, 0.717) is 17.0 Å². The van der Waals surface area contributed by atoms with Gasteiger partial charge in [-0.25, -0.2) is 5.43 Å². The van der Waals surface area contributed by atoms with Crippen LogP contribution in [0.1, 0.15) is 10.4 Å². The number of rotatable bonds is 8. The van der Waals surface area contributed by atoms with Gasteiger partial charge in [0, 0.05) is 6.07 Å². The first-order chi connectivity index (χ1) is 11.6. The Labute approximate surface area is 142 Å². The maximum absolute atomic E-state index is 11.7. The van der Waals surface area contributed by atoms with E-state index in [4.69, 9.17) is 4.74 Å². The third kappa shape index (κ3) is 5.03. The summed E-state index contributed by atoms with van der Waals surface area (Å²) in [5.74, 6) is 0.191. The zero-order chi connectivity index (χ0) is 17.4. The Morgan fingerprint density at radius 2 is 2.17 bits per heavy atom. The van der Waals surface area contributed by atoms with Crippen LogP contribution in [0.3, 0.4) is 0 Å². The van der Waals surface area contributed by atoms with Gasteiger partial charge in [0.05, 0.1) is 16.0 Å². The second-order valence-corrected chi connectivity index (χ2v) is 5.71. The summed E-state index contributed by atoms with van der Waals surface area (Å²) in [5.41, 5.74) is 3.25. The molecule has 0 saturated carbocycles. The lowest BCUT2D eigenvalue weighted by Crippen LogP contribution is -2.24. The first-order valence-corrected chi connectivity index (χ1v) is 7.79. The molecular formula is C16H15N3O4S. The van der Waals surface area contributed by atoms with E-state index in [9.17, 15) is 14.9 Å². The fourth-order valence-electron chi connectivity index (χ4n) is 1.82. The zero-order valence-electron chi connectivity index (χ0n) is 12.7. The molecular weight excluding hydrogens is 330 g/mol. The number of carbonyl (C=O) groups excluding carboxylic acids is 1. The quantitative estimate of drug-likeness (QED) is 0.344. The summed E-state index contributed by atoms with van der Waals surface area (Å²) in [6.45, 7) is 3.49. The Hall–Kier alpha value is -3.00. The van der Waals surface area contributed by atoms with Crippen molar-refractivity contribution in [3.8, 4) is 5.75 Å². The molecule has 0 unspecified atom stereocenters. The van der Waals surface area contributed by atoms with E-state index >= 15 is 0 Å². The molecule has 2 aromatic rings. The van der Waals surface area contributed by atoms with Gasteiger partial charge in [-0.2, -0.15) is 5.10 Å². The van der Waals surface area contributed by atoms with Gasteiger partial charge in [0.25, 0.3) is 5.91 Å². The number of nitrogens with zero attached hydrogens (tertiary/aromatic N) is 2. The molecule has 0 aliphatic heterocycles. The Balaban J connectivity index is 1.84. The minimum atomic E-state index is -0.477. The SMILES string of the molecule is C=CCc1ccccc1OCC(=O)N/N=C/c1ccc([N+](=O)[O-])s1. The van der Waals surface area contributed by atoms with Crippen molar-refractivity contribution < 1.29 is 14.5 Å². The number of thiophene rings is 1. The normalized spacial score (nSPS) is 10.5. The number of hydrogen-bond acceptors (Lipinski definition) is 6. The molecule has 2 rings (SSSR count). The van der Waals surface area contributed by atoms with Gasteiger partial charge in [0.2, 0.25) is 0 Å². The van der Waals surface area contributed by atoms with Crippen molar-refractivity contribution >= 4 is 28.5 Å². The standard InChI is InChI=1S/C16H15N3O4S/c1-2-5-12-6-3-4-7-14(12)23-11-15(20)18-17-10-13-8-9-16(24-13)19(21)22/h2-4,6-10H,1,5,11H2,(H,18,20)/b17-10+.